The van der Waals surface area contributed by atoms with Gasteiger partial charge in [-0.05, 0) is 48.6 Å². The van der Waals surface area contributed by atoms with Crippen LogP contribution in [0.25, 0.3) is 10.2 Å². The third kappa shape index (κ3) is 3.45. The molecule has 2 aromatic carbocycles. The standard InChI is InChI=1S/C23H25N3OS/c27-22(25-23-24-20-11-4-5-12-21(20)28-23)18-10-6-7-16-13-14-26(15-19(16)18)17-8-2-1-3-9-17/h4-7,10-12,17H,1-3,8-9,13-15H2,(H,24,25,27). The number of nitrogens with zero attached hydrogens (tertiary/aromatic N) is 2. The lowest BCUT2D eigenvalue weighted by Crippen LogP contribution is -2.41. The van der Waals surface area contributed by atoms with Crippen molar-refractivity contribution >= 4 is 32.6 Å². The SMILES string of the molecule is O=C(Nc1nc2ccccc2s1)c1cccc2c1CN(C1CCCCC1)CC2. The molecule has 5 heteroatoms. The Labute approximate surface area is 169 Å². The molecule has 4 nitrogen and oxygen atoms in total. The van der Waals surface area contributed by atoms with Crippen molar-refractivity contribution in [1.82, 2.24) is 9.88 Å². The highest BCUT2D eigenvalue weighted by Crippen LogP contribution is 2.31. The molecule has 1 fully saturated rings. The van der Waals surface area contributed by atoms with E-state index in [1.165, 1.54) is 54.6 Å². The van der Waals surface area contributed by atoms with Gasteiger partial charge in [0.15, 0.2) is 5.13 Å². The first kappa shape index (κ1) is 17.8. The molecular weight excluding hydrogens is 366 g/mol. The largest absolute Gasteiger partial charge is 0.298 e. The van der Waals surface area contributed by atoms with Crippen molar-refractivity contribution in [3.63, 3.8) is 0 Å². The second-order valence-electron chi connectivity index (χ2n) is 7.90. The molecular formula is C23H25N3OS. The van der Waals surface area contributed by atoms with Gasteiger partial charge in [0.25, 0.3) is 5.91 Å². The van der Waals surface area contributed by atoms with Crippen LogP contribution in [0.1, 0.15) is 53.6 Å². The van der Waals surface area contributed by atoms with Crippen LogP contribution in [-0.2, 0) is 13.0 Å². The lowest BCUT2D eigenvalue weighted by molar-refractivity contribution is 0.101. The van der Waals surface area contributed by atoms with Crippen molar-refractivity contribution in [2.24, 2.45) is 0 Å². The summed E-state index contributed by atoms with van der Waals surface area (Å²) >= 11 is 1.53. The second kappa shape index (κ2) is 7.64. The van der Waals surface area contributed by atoms with E-state index in [-0.39, 0.29) is 5.91 Å². The quantitative estimate of drug-likeness (QED) is 0.664. The summed E-state index contributed by atoms with van der Waals surface area (Å²) in [6.07, 6.45) is 7.69. The van der Waals surface area contributed by atoms with E-state index in [0.29, 0.717) is 11.2 Å². The number of benzene rings is 2. The molecule has 3 aromatic rings. The van der Waals surface area contributed by atoms with Crippen molar-refractivity contribution in [1.29, 1.82) is 0 Å². The number of amides is 1. The van der Waals surface area contributed by atoms with Crippen LogP contribution < -0.4 is 5.32 Å². The minimum Gasteiger partial charge on any atom is -0.298 e. The zero-order chi connectivity index (χ0) is 18.9. The number of aromatic nitrogens is 1. The fraction of sp³-hybridized carbons (Fsp3) is 0.391. The van der Waals surface area contributed by atoms with E-state index in [2.05, 4.69) is 21.3 Å². The number of para-hydroxylation sites is 1. The lowest BCUT2D eigenvalue weighted by atomic mass is 9.89. The highest BCUT2D eigenvalue weighted by Gasteiger charge is 2.27. The number of nitrogens with one attached hydrogen (secondary N) is 1. The van der Waals surface area contributed by atoms with E-state index in [4.69, 9.17) is 0 Å². The molecule has 0 radical (unpaired) electrons. The normalized spacial score (nSPS) is 18.1. The predicted octanol–water partition coefficient (Wildman–Crippen LogP) is 5.24. The van der Waals surface area contributed by atoms with Crippen molar-refractivity contribution in [2.45, 2.75) is 51.1 Å². The molecule has 144 valence electrons. The van der Waals surface area contributed by atoms with Gasteiger partial charge in [0, 0.05) is 24.7 Å². The topological polar surface area (TPSA) is 45.2 Å². The van der Waals surface area contributed by atoms with Gasteiger partial charge in [-0.3, -0.25) is 15.0 Å². The number of hydrogen-bond donors (Lipinski definition) is 1. The second-order valence-corrected chi connectivity index (χ2v) is 8.93. The molecule has 1 aliphatic heterocycles. The Balaban J connectivity index is 1.39. The van der Waals surface area contributed by atoms with Crippen molar-refractivity contribution in [2.75, 3.05) is 11.9 Å². The lowest BCUT2D eigenvalue weighted by Gasteiger charge is -2.38. The molecule has 1 aromatic heterocycles. The van der Waals surface area contributed by atoms with Gasteiger partial charge < -0.3 is 0 Å². The maximum absolute atomic E-state index is 13.1. The summed E-state index contributed by atoms with van der Waals surface area (Å²) in [6.45, 7) is 2.00. The Morgan fingerprint density at radius 3 is 2.79 bits per heavy atom. The van der Waals surface area contributed by atoms with Gasteiger partial charge in [-0.15, -0.1) is 0 Å². The van der Waals surface area contributed by atoms with Crippen LogP contribution in [0.4, 0.5) is 5.13 Å². The van der Waals surface area contributed by atoms with E-state index >= 15 is 0 Å². The van der Waals surface area contributed by atoms with Gasteiger partial charge >= 0.3 is 0 Å². The average Bonchev–Trinajstić information content (AvgIpc) is 3.15. The zero-order valence-electron chi connectivity index (χ0n) is 16.0. The molecule has 2 heterocycles. The van der Waals surface area contributed by atoms with Crippen LogP contribution in [0.15, 0.2) is 42.5 Å². The fourth-order valence-electron chi connectivity index (χ4n) is 4.66. The highest BCUT2D eigenvalue weighted by atomic mass is 32.1. The number of rotatable bonds is 3. The predicted molar refractivity (Wildman–Crippen MR) is 115 cm³/mol. The third-order valence-corrected chi connectivity index (χ3v) is 7.10. The summed E-state index contributed by atoms with van der Waals surface area (Å²) in [5.41, 5.74) is 4.26. The highest BCUT2D eigenvalue weighted by molar-refractivity contribution is 7.22. The summed E-state index contributed by atoms with van der Waals surface area (Å²) < 4.78 is 1.09. The van der Waals surface area contributed by atoms with Crippen molar-refractivity contribution in [3.8, 4) is 0 Å². The van der Waals surface area contributed by atoms with Gasteiger partial charge in [0.1, 0.15) is 0 Å². The first-order valence-electron chi connectivity index (χ1n) is 10.3. The Morgan fingerprint density at radius 2 is 1.93 bits per heavy atom. The fourth-order valence-corrected chi connectivity index (χ4v) is 5.52. The summed E-state index contributed by atoms with van der Waals surface area (Å²) in [6, 6.07) is 14.8. The maximum Gasteiger partial charge on any atom is 0.257 e. The maximum atomic E-state index is 13.1. The molecule has 5 rings (SSSR count). The first-order valence-corrected chi connectivity index (χ1v) is 11.1. The van der Waals surface area contributed by atoms with Crippen molar-refractivity contribution < 1.29 is 4.79 Å². The van der Waals surface area contributed by atoms with Crippen molar-refractivity contribution in [3.05, 3.63) is 59.2 Å². The summed E-state index contributed by atoms with van der Waals surface area (Å²) in [7, 11) is 0. The molecule has 0 bridgehead atoms. The van der Waals surface area contributed by atoms with E-state index in [1.807, 2.05) is 36.4 Å². The molecule has 1 amide bonds. The van der Waals surface area contributed by atoms with E-state index in [9.17, 15) is 4.79 Å². The minimum atomic E-state index is -0.0404. The van der Waals surface area contributed by atoms with Gasteiger partial charge in [0.2, 0.25) is 0 Å². The molecule has 0 unspecified atom stereocenters. The smallest absolute Gasteiger partial charge is 0.257 e. The Hall–Kier alpha value is -2.24. The molecule has 1 N–H and O–H groups in total. The van der Waals surface area contributed by atoms with Crippen LogP contribution in [0, 0.1) is 0 Å². The summed E-state index contributed by atoms with van der Waals surface area (Å²) in [5, 5.41) is 3.71. The van der Waals surface area contributed by atoms with E-state index in [1.54, 1.807) is 0 Å². The summed E-state index contributed by atoms with van der Waals surface area (Å²) in [4.78, 5) is 20.2. The Kier molecular flexibility index (Phi) is 4.87. The van der Waals surface area contributed by atoms with E-state index in [0.717, 1.165) is 35.3 Å². The van der Waals surface area contributed by atoms with Gasteiger partial charge in [-0.1, -0.05) is 54.9 Å². The minimum absolute atomic E-state index is 0.0404. The molecule has 0 spiro atoms. The number of anilines is 1. The van der Waals surface area contributed by atoms with Crippen LogP contribution >= 0.6 is 11.3 Å². The monoisotopic (exact) mass is 391 g/mol. The van der Waals surface area contributed by atoms with Crippen LogP contribution in [0.2, 0.25) is 0 Å². The van der Waals surface area contributed by atoms with Crippen LogP contribution in [0.3, 0.4) is 0 Å². The molecule has 28 heavy (non-hydrogen) atoms. The Morgan fingerprint density at radius 1 is 1.07 bits per heavy atom. The number of carbonyl (C=O) groups is 1. The van der Waals surface area contributed by atoms with Gasteiger partial charge in [-0.2, -0.15) is 0 Å². The molecule has 0 saturated heterocycles. The van der Waals surface area contributed by atoms with Gasteiger partial charge in [0.05, 0.1) is 10.2 Å². The van der Waals surface area contributed by atoms with E-state index < -0.39 is 0 Å². The van der Waals surface area contributed by atoms with Gasteiger partial charge in [-0.25, -0.2) is 4.98 Å². The number of fused-ring (bicyclic) bond motifs is 2. The molecule has 2 aliphatic rings. The van der Waals surface area contributed by atoms with Crippen LogP contribution in [-0.4, -0.2) is 28.4 Å². The third-order valence-electron chi connectivity index (χ3n) is 6.15. The molecule has 1 aliphatic carbocycles. The molecule has 1 saturated carbocycles. The number of thiazole rings is 1. The number of hydrogen-bond acceptors (Lipinski definition) is 4. The molecule has 0 atom stereocenters. The zero-order valence-corrected chi connectivity index (χ0v) is 16.8. The summed E-state index contributed by atoms with van der Waals surface area (Å²) in [5.74, 6) is -0.0404. The first-order chi connectivity index (χ1) is 13.8. The average molecular weight is 392 g/mol. The Bertz CT molecular complexity index is 973. The van der Waals surface area contributed by atoms with Crippen LogP contribution in [0.5, 0.6) is 0 Å². The number of carbonyl (C=O) groups excluding carboxylic acids is 1.